The van der Waals surface area contributed by atoms with E-state index in [1.807, 2.05) is 12.1 Å². The van der Waals surface area contributed by atoms with Gasteiger partial charge in [-0.1, -0.05) is 12.0 Å². The Hall–Kier alpha value is -5.37. The van der Waals surface area contributed by atoms with Crippen molar-refractivity contribution < 1.29 is 23.9 Å². The number of rotatable bonds is 3. The number of amides is 3. The molecule has 38 heavy (non-hydrogen) atoms. The Kier molecular flexibility index (Phi) is 6.61. The van der Waals surface area contributed by atoms with Gasteiger partial charge in [0.15, 0.2) is 5.65 Å². The average molecular weight is 511 g/mol. The molecule has 3 amide bonds. The summed E-state index contributed by atoms with van der Waals surface area (Å²) in [6.07, 6.45) is 3.30. The van der Waals surface area contributed by atoms with Crippen molar-refractivity contribution >= 4 is 34.9 Å². The minimum absolute atomic E-state index is 0.0833. The van der Waals surface area contributed by atoms with Crippen LogP contribution in [0, 0.1) is 11.8 Å². The molecule has 3 heterocycles. The van der Waals surface area contributed by atoms with Crippen LogP contribution in [0.15, 0.2) is 67.0 Å². The van der Waals surface area contributed by atoms with E-state index in [0.29, 0.717) is 34.0 Å². The molecule has 0 aliphatic carbocycles. The number of imidazole rings is 1. The number of likely N-dealkylation sites (N-methyl/N-ethyl adjacent to an activating group) is 1. The minimum Gasteiger partial charge on any atom is -0.489 e. The molecule has 0 saturated carbocycles. The second-order valence-electron chi connectivity index (χ2n) is 8.30. The predicted molar refractivity (Wildman–Crippen MR) is 138 cm³/mol. The molecule has 1 aliphatic rings. The molecule has 0 unspecified atom stereocenters. The van der Waals surface area contributed by atoms with Crippen LogP contribution in [0.4, 0.5) is 16.2 Å². The van der Waals surface area contributed by atoms with Crippen LogP contribution >= 0.6 is 0 Å². The summed E-state index contributed by atoms with van der Waals surface area (Å²) in [5.41, 5.74) is 3.16. The maximum absolute atomic E-state index is 13.0. The number of ether oxygens (including phenoxy) is 2. The molecule has 2 aromatic carbocycles. The lowest BCUT2D eigenvalue weighted by Gasteiger charge is -2.21. The minimum atomic E-state index is -0.959. The number of methoxy groups -OCH3 is 1. The van der Waals surface area contributed by atoms with Crippen LogP contribution in [0.5, 0.6) is 5.75 Å². The molecular weight excluding hydrogens is 488 g/mol. The molecule has 11 nitrogen and oxygen atoms in total. The SMILES string of the molecule is COC(=O)c1ccc2c(c1)N(C)C(=O)[C@H](NC(=O)Nc1cccc(C#Cc3cnc4cccnn34)c1)CO2. The van der Waals surface area contributed by atoms with Crippen LogP contribution in [0.1, 0.15) is 21.6 Å². The molecule has 2 N–H and O–H groups in total. The standard InChI is InChI=1S/C27H22N6O5/c1-32-22-14-18(26(35)37-2)9-11-23(22)38-16-21(25(32)34)31-27(36)30-19-6-3-5-17(13-19)8-10-20-15-28-24-7-4-12-29-33(20)24/h3-7,9,11-15,21H,16H2,1-2H3,(H2,30,31,36)/t21-/m1/s1. The van der Waals surface area contributed by atoms with Gasteiger partial charge in [-0.2, -0.15) is 5.10 Å². The Morgan fingerprint density at radius 1 is 1.13 bits per heavy atom. The largest absolute Gasteiger partial charge is 0.489 e. The van der Waals surface area contributed by atoms with Crippen LogP contribution in [0.25, 0.3) is 5.65 Å². The van der Waals surface area contributed by atoms with E-state index in [0.717, 1.165) is 0 Å². The van der Waals surface area contributed by atoms with E-state index in [4.69, 9.17) is 9.47 Å². The summed E-state index contributed by atoms with van der Waals surface area (Å²) in [6, 6.07) is 13.7. The van der Waals surface area contributed by atoms with Gasteiger partial charge in [0.25, 0.3) is 5.91 Å². The van der Waals surface area contributed by atoms with Gasteiger partial charge in [-0.3, -0.25) is 4.79 Å². The van der Waals surface area contributed by atoms with Crippen LogP contribution in [-0.4, -0.2) is 59.3 Å². The summed E-state index contributed by atoms with van der Waals surface area (Å²) in [5.74, 6) is 5.55. The van der Waals surface area contributed by atoms with Crippen LogP contribution in [0.2, 0.25) is 0 Å². The summed E-state index contributed by atoms with van der Waals surface area (Å²) in [6.45, 7) is -0.0833. The fraction of sp³-hybridized carbons (Fsp3) is 0.148. The zero-order valence-corrected chi connectivity index (χ0v) is 20.5. The fourth-order valence-electron chi connectivity index (χ4n) is 3.90. The maximum Gasteiger partial charge on any atom is 0.337 e. The number of nitrogens with one attached hydrogen (secondary N) is 2. The number of carbonyl (C=O) groups excluding carboxylic acids is 3. The molecule has 4 aromatic rings. The Balaban J connectivity index is 1.26. The molecule has 5 rings (SSSR count). The normalized spacial score (nSPS) is 14.4. The van der Waals surface area contributed by atoms with Gasteiger partial charge in [0, 0.05) is 24.5 Å². The van der Waals surface area contributed by atoms with Gasteiger partial charge >= 0.3 is 12.0 Å². The lowest BCUT2D eigenvalue weighted by atomic mass is 10.1. The first-order valence-corrected chi connectivity index (χ1v) is 11.5. The number of nitrogens with zero attached hydrogens (tertiary/aromatic N) is 4. The highest BCUT2D eigenvalue weighted by atomic mass is 16.5. The first-order valence-electron chi connectivity index (χ1n) is 11.5. The van der Waals surface area contributed by atoms with Gasteiger partial charge in [-0.15, -0.1) is 0 Å². The predicted octanol–water partition coefficient (Wildman–Crippen LogP) is 2.46. The second-order valence-corrected chi connectivity index (χ2v) is 8.30. The average Bonchev–Trinajstić information content (AvgIpc) is 3.31. The third-order valence-corrected chi connectivity index (χ3v) is 5.81. The number of anilines is 2. The van der Waals surface area contributed by atoms with Gasteiger partial charge in [-0.25, -0.2) is 19.1 Å². The summed E-state index contributed by atoms with van der Waals surface area (Å²) in [7, 11) is 2.82. The molecule has 0 bridgehead atoms. The maximum atomic E-state index is 13.0. The quantitative estimate of drug-likeness (QED) is 0.320. The van der Waals surface area contributed by atoms with Crippen molar-refractivity contribution in [1.29, 1.82) is 0 Å². The van der Waals surface area contributed by atoms with E-state index in [9.17, 15) is 14.4 Å². The molecule has 11 heteroatoms. The number of aromatic nitrogens is 3. The highest BCUT2D eigenvalue weighted by Gasteiger charge is 2.31. The van der Waals surface area contributed by atoms with Gasteiger partial charge in [-0.05, 0) is 54.5 Å². The topological polar surface area (TPSA) is 127 Å². The highest BCUT2D eigenvalue weighted by Crippen LogP contribution is 2.32. The van der Waals surface area contributed by atoms with Crippen LogP contribution < -0.4 is 20.3 Å². The van der Waals surface area contributed by atoms with E-state index in [1.165, 1.54) is 18.1 Å². The number of esters is 1. The van der Waals surface area contributed by atoms with Gasteiger partial charge in [0.2, 0.25) is 0 Å². The van der Waals surface area contributed by atoms with E-state index < -0.39 is 23.9 Å². The number of benzene rings is 2. The third-order valence-electron chi connectivity index (χ3n) is 5.81. The van der Waals surface area contributed by atoms with Crippen molar-refractivity contribution in [1.82, 2.24) is 19.9 Å². The lowest BCUT2D eigenvalue weighted by molar-refractivity contribution is -0.120. The van der Waals surface area contributed by atoms with E-state index in [2.05, 4.69) is 32.6 Å². The first kappa shape index (κ1) is 24.3. The molecule has 0 spiro atoms. The molecule has 0 fully saturated rings. The third kappa shape index (κ3) is 4.96. The number of hydrogen-bond acceptors (Lipinski definition) is 7. The van der Waals surface area contributed by atoms with E-state index in [1.54, 1.807) is 60.4 Å². The van der Waals surface area contributed by atoms with Crippen LogP contribution in [-0.2, 0) is 9.53 Å². The monoisotopic (exact) mass is 510 g/mol. The fourth-order valence-corrected chi connectivity index (χ4v) is 3.90. The second kappa shape index (κ2) is 10.3. The molecule has 0 radical (unpaired) electrons. The van der Waals surface area contributed by atoms with Gasteiger partial charge in [0.1, 0.15) is 24.1 Å². The Labute approximate surface area is 217 Å². The summed E-state index contributed by atoms with van der Waals surface area (Å²) < 4.78 is 12.1. The first-order chi connectivity index (χ1) is 18.4. The van der Waals surface area contributed by atoms with Crippen LogP contribution in [0.3, 0.4) is 0 Å². The summed E-state index contributed by atoms with van der Waals surface area (Å²) in [5, 5.41) is 9.61. The number of hydrogen-bond donors (Lipinski definition) is 2. The van der Waals surface area contributed by atoms with Crippen molar-refractivity contribution in [3.63, 3.8) is 0 Å². The Bertz CT molecular complexity index is 1620. The Morgan fingerprint density at radius 3 is 2.84 bits per heavy atom. The smallest absolute Gasteiger partial charge is 0.337 e. The molecule has 1 aliphatic heterocycles. The van der Waals surface area contributed by atoms with Crippen molar-refractivity contribution in [2.75, 3.05) is 31.0 Å². The molecular formula is C27H22N6O5. The highest BCUT2D eigenvalue weighted by molar-refractivity contribution is 6.03. The van der Waals surface area contributed by atoms with Crippen molar-refractivity contribution in [3.05, 3.63) is 83.8 Å². The molecule has 190 valence electrons. The lowest BCUT2D eigenvalue weighted by Crippen LogP contribution is -2.50. The van der Waals surface area contributed by atoms with Crippen molar-refractivity contribution in [2.45, 2.75) is 6.04 Å². The van der Waals surface area contributed by atoms with Crippen molar-refractivity contribution in [2.24, 2.45) is 0 Å². The summed E-state index contributed by atoms with van der Waals surface area (Å²) >= 11 is 0. The van der Waals surface area contributed by atoms with E-state index in [-0.39, 0.29) is 12.2 Å². The zero-order valence-electron chi connectivity index (χ0n) is 20.5. The number of urea groups is 1. The van der Waals surface area contributed by atoms with Crippen molar-refractivity contribution in [3.8, 4) is 17.6 Å². The molecule has 0 saturated heterocycles. The van der Waals surface area contributed by atoms with Gasteiger partial charge in [0.05, 0.1) is 24.6 Å². The zero-order chi connectivity index (χ0) is 26.6. The number of carbonyl (C=O) groups is 3. The summed E-state index contributed by atoms with van der Waals surface area (Å²) in [4.78, 5) is 43.3. The van der Waals surface area contributed by atoms with Gasteiger partial charge < -0.3 is 25.0 Å². The van der Waals surface area contributed by atoms with E-state index >= 15 is 0 Å². The molecule has 2 aromatic heterocycles. The number of fused-ring (bicyclic) bond motifs is 2. The molecule has 1 atom stereocenters. The Morgan fingerprint density at radius 2 is 2.00 bits per heavy atom.